The number of hydrogen-bond acceptors (Lipinski definition) is 4. The van der Waals surface area contributed by atoms with Crippen molar-refractivity contribution in [2.24, 2.45) is 0 Å². The maximum absolute atomic E-state index is 11.4. The van der Waals surface area contributed by atoms with Crippen LogP contribution in [0.25, 0.3) is 0 Å². The summed E-state index contributed by atoms with van der Waals surface area (Å²) in [5, 5.41) is 18.3. The van der Waals surface area contributed by atoms with E-state index in [1.807, 2.05) is 26.0 Å². The molecule has 0 radical (unpaired) electrons. The average Bonchev–Trinajstić information content (AvgIpc) is 3.06. The topological polar surface area (TPSA) is 57.5 Å². The van der Waals surface area contributed by atoms with Crippen LogP contribution in [0.15, 0.2) is 24.3 Å². The zero-order chi connectivity index (χ0) is 20.6. The Balaban J connectivity index is 0.00000176. The lowest BCUT2D eigenvalue weighted by atomic mass is 9.74. The van der Waals surface area contributed by atoms with Crippen LogP contribution in [-0.2, 0) is 5.41 Å². The van der Waals surface area contributed by atoms with Gasteiger partial charge in [0.15, 0.2) is 0 Å². The molecule has 0 unspecified atom stereocenters. The van der Waals surface area contributed by atoms with E-state index in [9.17, 15) is 9.90 Å². The Morgan fingerprint density at radius 3 is 2.22 bits per heavy atom. The van der Waals surface area contributed by atoms with Crippen molar-refractivity contribution in [3.63, 3.8) is 0 Å². The molecular weight excluding hydrogens is 376 g/mol. The molecule has 0 spiro atoms. The summed E-state index contributed by atoms with van der Waals surface area (Å²) < 4.78 is 0. The third kappa shape index (κ3) is 4.95. The first-order valence-corrected chi connectivity index (χ1v) is 10.6. The molecule has 0 bridgehead atoms. The molecule has 2 N–H and O–H groups in total. The Labute approximate surface area is 171 Å². The van der Waals surface area contributed by atoms with Crippen LogP contribution in [0.1, 0.15) is 63.5 Å². The van der Waals surface area contributed by atoms with E-state index in [4.69, 9.17) is 5.11 Å². The van der Waals surface area contributed by atoms with Gasteiger partial charge in [-0.05, 0) is 61.8 Å². The van der Waals surface area contributed by atoms with E-state index in [-0.39, 0.29) is 12.0 Å². The van der Waals surface area contributed by atoms with E-state index >= 15 is 0 Å². The van der Waals surface area contributed by atoms with Gasteiger partial charge in [-0.3, -0.25) is 0 Å². The minimum atomic E-state index is -0.860. The molecule has 1 aromatic heterocycles. The number of aliphatic hydroxyl groups excluding tert-OH is 1. The van der Waals surface area contributed by atoms with Gasteiger partial charge in [-0.2, -0.15) is 12.6 Å². The molecular formula is C22H28O3S2. The summed E-state index contributed by atoms with van der Waals surface area (Å²) in [7, 11) is 0. The van der Waals surface area contributed by atoms with E-state index in [2.05, 4.69) is 50.4 Å². The molecule has 0 amide bonds. The summed E-state index contributed by atoms with van der Waals surface area (Å²) in [4.78, 5) is 13.0. The molecule has 146 valence electrons. The standard InChI is InChI=1S/C21H24O3S.CH4S/c1-5-21(6-2,18-13-15(4)19(25-18)20(23)24)17-10-9-16(8-7-11-22)14(3)12-17;1-2/h9-10,12-13,22H,5-6,11H2,1-4H3,(H,23,24);2H,1H3. The van der Waals surface area contributed by atoms with Crippen molar-refractivity contribution in [1.82, 2.24) is 0 Å². The summed E-state index contributed by atoms with van der Waals surface area (Å²) in [5.41, 5.74) is 3.78. The van der Waals surface area contributed by atoms with E-state index in [0.717, 1.165) is 34.4 Å². The number of aliphatic hydroxyl groups is 1. The van der Waals surface area contributed by atoms with Crippen molar-refractivity contribution in [2.45, 2.75) is 46.0 Å². The molecule has 0 saturated heterocycles. The first-order chi connectivity index (χ1) is 12.9. The molecule has 5 heteroatoms. The van der Waals surface area contributed by atoms with E-state index in [0.29, 0.717) is 4.88 Å². The number of aromatic carboxylic acids is 1. The van der Waals surface area contributed by atoms with Crippen LogP contribution in [-0.4, -0.2) is 29.0 Å². The Kier molecular flexibility index (Phi) is 9.11. The number of thiophene rings is 1. The minimum absolute atomic E-state index is 0.151. The molecule has 0 aliphatic rings. The van der Waals surface area contributed by atoms with Crippen molar-refractivity contribution in [3.05, 3.63) is 56.3 Å². The average molecular weight is 405 g/mol. The van der Waals surface area contributed by atoms with Gasteiger partial charge < -0.3 is 10.2 Å². The summed E-state index contributed by atoms with van der Waals surface area (Å²) in [6, 6.07) is 8.24. The van der Waals surface area contributed by atoms with E-state index in [1.54, 1.807) is 6.26 Å². The van der Waals surface area contributed by atoms with Crippen molar-refractivity contribution in [3.8, 4) is 11.8 Å². The number of benzene rings is 1. The van der Waals surface area contributed by atoms with Crippen LogP contribution in [0, 0.1) is 25.7 Å². The second-order valence-electron chi connectivity index (χ2n) is 6.21. The van der Waals surface area contributed by atoms with Crippen LogP contribution < -0.4 is 0 Å². The summed E-state index contributed by atoms with van der Waals surface area (Å²) >= 11 is 4.91. The van der Waals surface area contributed by atoms with Crippen LogP contribution in [0.2, 0.25) is 0 Å². The SMILES string of the molecule is CCC(CC)(c1ccc(C#CCO)c(C)c1)c1cc(C)c(C(=O)O)s1.CS. The molecule has 0 aliphatic heterocycles. The predicted molar refractivity (Wildman–Crippen MR) is 117 cm³/mol. The van der Waals surface area contributed by atoms with Gasteiger partial charge in [-0.15, -0.1) is 11.3 Å². The van der Waals surface area contributed by atoms with E-state index < -0.39 is 5.97 Å². The summed E-state index contributed by atoms with van der Waals surface area (Å²) in [6.07, 6.45) is 3.48. The largest absolute Gasteiger partial charge is 0.477 e. The molecule has 1 heterocycles. The summed E-state index contributed by atoms with van der Waals surface area (Å²) in [6.45, 7) is 8.02. The zero-order valence-electron chi connectivity index (χ0n) is 16.6. The van der Waals surface area contributed by atoms with E-state index in [1.165, 1.54) is 16.9 Å². The molecule has 2 aromatic rings. The van der Waals surface area contributed by atoms with Crippen LogP contribution in [0.3, 0.4) is 0 Å². The second-order valence-corrected chi connectivity index (χ2v) is 7.26. The predicted octanol–water partition coefficient (Wildman–Crippen LogP) is 5.06. The van der Waals surface area contributed by atoms with Gasteiger partial charge in [0.25, 0.3) is 0 Å². The number of rotatable bonds is 5. The Morgan fingerprint density at radius 1 is 1.15 bits per heavy atom. The third-order valence-electron chi connectivity index (χ3n) is 4.87. The molecule has 0 fully saturated rings. The molecule has 1 aromatic carbocycles. The van der Waals surface area contributed by atoms with Gasteiger partial charge in [0.2, 0.25) is 0 Å². The second kappa shape index (κ2) is 10.6. The fourth-order valence-electron chi connectivity index (χ4n) is 3.32. The van der Waals surface area contributed by atoms with Gasteiger partial charge >= 0.3 is 5.97 Å². The maximum Gasteiger partial charge on any atom is 0.346 e. The van der Waals surface area contributed by atoms with Crippen LogP contribution >= 0.6 is 24.0 Å². The van der Waals surface area contributed by atoms with Crippen molar-refractivity contribution in [2.75, 3.05) is 12.9 Å². The first-order valence-electron chi connectivity index (χ1n) is 8.89. The summed E-state index contributed by atoms with van der Waals surface area (Å²) in [5.74, 6) is 4.80. The number of aryl methyl sites for hydroxylation is 2. The number of hydrogen-bond donors (Lipinski definition) is 3. The third-order valence-corrected chi connectivity index (χ3v) is 6.30. The minimum Gasteiger partial charge on any atom is -0.477 e. The molecule has 27 heavy (non-hydrogen) atoms. The molecule has 3 nitrogen and oxygen atoms in total. The van der Waals surface area contributed by atoms with Crippen LogP contribution in [0.5, 0.6) is 0 Å². The molecule has 0 atom stereocenters. The monoisotopic (exact) mass is 404 g/mol. The lowest BCUT2D eigenvalue weighted by molar-refractivity contribution is 0.0701. The zero-order valence-corrected chi connectivity index (χ0v) is 18.3. The lowest BCUT2D eigenvalue weighted by Gasteiger charge is -2.32. The number of carbonyl (C=O) groups is 1. The molecule has 0 aliphatic carbocycles. The van der Waals surface area contributed by atoms with Gasteiger partial charge in [-0.1, -0.05) is 37.8 Å². The molecule has 2 rings (SSSR count). The highest BCUT2D eigenvalue weighted by Gasteiger charge is 2.33. The Hall–Kier alpha value is -1.74. The van der Waals surface area contributed by atoms with Gasteiger partial charge in [0.1, 0.15) is 11.5 Å². The van der Waals surface area contributed by atoms with Gasteiger partial charge in [0.05, 0.1) is 0 Å². The van der Waals surface area contributed by atoms with Gasteiger partial charge in [0, 0.05) is 15.9 Å². The van der Waals surface area contributed by atoms with Crippen molar-refractivity contribution >= 4 is 29.9 Å². The van der Waals surface area contributed by atoms with Crippen molar-refractivity contribution < 1.29 is 15.0 Å². The normalized spacial score (nSPS) is 10.5. The number of carboxylic acids is 1. The van der Waals surface area contributed by atoms with Crippen LogP contribution in [0.4, 0.5) is 0 Å². The first kappa shape index (κ1) is 23.3. The maximum atomic E-state index is 11.4. The highest BCUT2D eigenvalue weighted by Crippen LogP contribution is 2.43. The Bertz CT molecular complexity index is 837. The van der Waals surface area contributed by atoms with Gasteiger partial charge in [-0.25, -0.2) is 4.79 Å². The number of carboxylic acid groups (broad SMARTS) is 1. The highest BCUT2D eigenvalue weighted by atomic mass is 32.1. The Morgan fingerprint density at radius 2 is 1.78 bits per heavy atom. The quantitative estimate of drug-likeness (QED) is 0.482. The smallest absolute Gasteiger partial charge is 0.346 e. The lowest BCUT2D eigenvalue weighted by Crippen LogP contribution is -2.25. The molecule has 0 saturated carbocycles. The fourth-order valence-corrected chi connectivity index (χ4v) is 4.68. The number of thiol groups is 1. The fraction of sp³-hybridized carbons (Fsp3) is 0.409. The van der Waals surface area contributed by atoms with Crippen molar-refractivity contribution in [1.29, 1.82) is 0 Å². The highest BCUT2D eigenvalue weighted by molar-refractivity contribution is 7.79.